The van der Waals surface area contributed by atoms with E-state index in [0.29, 0.717) is 5.56 Å². The molecule has 0 radical (unpaired) electrons. The van der Waals surface area contributed by atoms with Gasteiger partial charge in [-0.3, -0.25) is 19.2 Å². The molecule has 0 bridgehead atoms. The van der Waals surface area contributed by atoms with Crippen molar-refractivity contribution in [2.45, 2.75) is 50.9 Å². The minimum Gasteiger partial charge on any atom is -0.480 e. The number of hydrogen-bond acceptors (Lipinski definition) is 7. The van der Waals surface area contributed by atoms with E-state index in [9.17, 15) is 29.1 Å². The number of amides is 4. The molecule has 1 heterocycles. The molecule has 36 heavy (non-hydrogen) atoms. The number of nitrogens with two attached hydrogens (primary N) is 2. The lowest BCUT2D eigenvalue weighted by molar-refractivity contribution is -0.142. The molecule has 196 valence electrons. The summed E-state index contributed by atoms with van der Waals surface area (Å²) in [5, 5.41) is 17.7. The number of para-hydroxylation sites is 1. The summed E-state index contributed by atoms with van der Waals surface area (Å²) in [5.41, 5.74) is 12.5. The van der Waals surface area contributed by atoms with Crippen LogP contribution in [0.2, 0.25) is 0 Å². The van der Waals surface area contributed by atoms with E-state index in [1.54, 1.807) is 20.0 Å². The second-order valence-electron chi connectivity index (χ2n) is 8.71. The van der Waals surface area contributed by atoms with E-state index in [-0.39, 0.29) is 18.1 Å². The molecule has 2 rings (SSSR count). The summed E-state index contributed by atoms with van der Waals surface area (Å²) >= 11 is 4.08. The smallest absolute Gasteiger partial charge is 0.326 e. The van der Waals surface area contributed by atoms with Crippen LogP contribution in [0.15, 0.2) is 30.5 Å². The molecule has 0 saturated carbocycles. The van der Waals surface area contributed by atoms with Crippen molar-refractivity contribution >= 4 is 53.1 Å². The van der Waals surface area contributed by atoms with Crippen LogP contribution in [0.4, 0.5) is 0 Å². The summed E-state index contributed by atoms with van der Waals surface area (Å²) in [4.78, 5) is 64.3. The molecular weight excluding hydrogens is 488 g/mol. The Bertz CT molecular complexity index is 1120. The number of primary amides is 1. The zero-order valence-electron chi connectivity index (χ0n) is 20.0. The zero-order valence-corrected chi connectivity index (χ0v) is 20.9. The van der Waals surface area contributed by atoms with Crippen LogP contribution in [0.1, 0.15) is 25.8 Å². The highest BCUT2D eigenvalue weighted by molar-refractivity contribution is 7.80. The molecule has 4 amide bonds. The van der Waals surface area contributed by atoms with E-state index < -0.39 is 60.2 Å². The number of aromatic nitrogens is 1. The summed E-state index contributed by atoms with van der Waals surface area (Å²) in [6.07, 6.45) is 1.14. The normalized spacial score (nSPS) is 14.5. The number of hydrogen-bond donors (Lipinski definition) is 8. The zero-order chi connectivity index (χ0) is 27.0. The predicted octanol–water partition coefficient (Wildman–Crippen LogP) is -0.962. The average molecular weight is 521 g/mol. The van der Waals surface area contributed by atoms with Crippen molar-refractivity contribution in [2.75, 3.05) is 5.75 Å². The van der Waals surface area contributed by atoms with Crippen LogP contribution in [0, 0.1) is 5.92 Å². The molecule has 4 unspecified atom stereocenters. The third-order valence-electron chi connectivity index (χ3n) is 5.59. The second-order valence-corrected chi connectivity index (χ2v) is 9.07. The molecule has 0 fully saturated rings. The van der Waals surface area contributed by atoms with Crippen molar-refractivity contribution in [1.82, 2.24) is 20.9 Å². The van der Waals surface area contributed by atoms with Gasteiger partial charge in [-0.25, -0.2) is 4.79 Å². The Balaban J connectivity index is 2.11. The number of carboxylic acids is 1. The molecule has 1 aromatic carbocycles. The van der Waals surface area contributed by atoms with Crippen LogP contribution in [0.3, 0.4) is 0 Å². The standard InChI is InChI=1S/C23H32N6O6S/c1-11(2)19(25)22(33)27-15(8-18(24)30)20(31)29-17(10-36)21(32)28-16(23(34)35)7-12-9-26-14-6-4-3-5-13(12)14/h3-6,9,11,15-17,19,26,36H,7-8,10,25H2,1-2H3,(H2,24,30)(H,27,33)(H,28,32)(H,29,31)(H,34,35). The van der Waals surface area contributed by atoms with Crippen LogP contribution >= 0.6 is 12.6 Å². The molecule has 1 aromatic heterocycles. The molecule has 13 heteroatoms. The molecule has 0 saturated heterocycles. The van der Waals surface area contributed by atoms with Gasteiger partial charge in [-0.1, -0.05) is 32.0 Å². The van der Waals surface area contributed by atoms with Crippen molar-refractivity contribution in [3.63, 3.8) is 0 Å². The number of carboxylic acid groups (broad SMARTS) is 1. The van der Waals surface area contributed by atoms with Gasteiger partial charge in [-0.15, -0.1) is 0 Å². The Labute approximate surface area is 213 Å². The van der Waals surface area contributed by atoms with E-state index in [2.05, 4.69) is 33.6 Å². The molecule has 12 nitrogen and oxygen atoms in total. The Morgan fingerprint density at radius 2 is 1.56 bits per heavy atom. The maximum Gasteiger partial charge on any atom is 0.326 e. The fourth-order valence-electron chi connectivity index (χ4n) is 3.44. The number of rotatable bonds is 13. The van der Waals surface area contributed by atoms with Gasteiger partial charge < -0.3 is 37.5 Å². The number of aliphatic carboxylic acids is 1. The molecule has 0 spiro atoms. The fraction of sp³-hybridized carbons (Fsp3) is 0.435. The SMILES string of the molecule is CC(C)C(N)C(=O)NC(CC(N)=O)C(=O)NC(CS)C(=O)NC(Cc1c[nH]c2ccccc12)C(=O)O. The van der Waals surface area contributed by atoms with Gasteiger partial charge in [0.15, 0.2) is 0 Å². The Morgan fingerprint density at radius 1 is 0.972 bits per heavy atom. The summed E-state index contributed by atoms with van der Waals surface area (Å²) < 4.78 is 0. The molecular formula is C23H32N6O6S. The topological polar surface area (TPSA) is 209 Å². The molecule has 0 aliphatic carbocycles. The van der Waals surface area contributed by atoms with Gasteiger partial charge in [-0.05, 0) is 17.5 Å². The van der Waals surface area contributed by atoms with E-state index in [1.165, 1.54) is 0 Å². The molecule has 9 N–H and O–H groups in total. The lowest BCUT2D eigenvalue weighted by atomic mass is 10.0. The lowest BCUT2D eigenvalue weighted by Crippen LogP contribution is -2.58. The number of thiol groups is 1. The van der Waals surface area contributed by atoms with Crippen molar-refractivity contribution in [1.29, 1.82) is 0 Å². The van der Waals surface area contributed by atoms with Crippen molar-refractivity contribution in [2.24, 2.45) is 17.4 Å². The number of carbonyl (C=O) groups is 5. The van der Waals surface area contributed by atoms with Crippen LogP contribution < -0.4 is 27.4 Å². The highest BCUT2D eigenvalue weighted by Crippen LogP contribution is 2.19. The van der Waals surface area contributed by atoms with Crippen molar-refractivity contribution < 1.29 is 29.1 Å². The second kappa shape index (κ2) is 12.9. The minimum absolute atomic E-state index is 0.00816. The Kier molecular flexibility index (Phi) is 10.3. The highest BCUT2D eigenvalue weighted by Gasteiger charge is 2.31. The fourth-order valence-corrected chi connectivity index (χ4v) is 3.70. The number of nitrogens with one attached hydrogen (secondary N) is 4. The number of carbonyl (C=O) groups excluding carboxylic acids is 4. The summed E-state index contributed by atoms with van der Waals surface area (Å²) in [6, 6.07) is 2.47. The van der Waals surface area contributed by atoms with Crippen molar-refractivity contribution in [3.05, 3.63) is 36.0 Å². The van der Waals surface area contributed by atoms with Crippen LogP contribution in [0.25, 0.3) is 10.9 Å². The van der Waals surface area contributed by atoms with Gasteiger partial charge >= 0.3 is 5.97 Å². The molecule has 2 aromatic rings. The molecule has 0 aliphatic heterocycles. The summed E-state index contributed by atoms with van der Waals surface area (Å²) in [5.74, 6) is -4.86. The summed E-state index contributed by atoms with van der Waals surface area (Å²) in [7, 11) is 0. The first-order valence-electron chi connectivity index (χ1n) is 11.3. The first kappa shape index (κ1) is 28.7. The lowest BCUT2D eigenvalue weighted by Gasteiger charge is -2.24. The van der Waals surface area contributed by atoms with Gasteiger partial charge in [0, 0.05) is 29.3 Å². The minimum atomic E-state index is -1.38. The van der Waals surface area contributed by atoms with Gasteiger partial charge in [0.1, 0.15) is 18.1 Å². The van der Waals surface area contributed by atoms with Crippen molar-refractivity contribution in [3.8, 4) is 0 Å². The Hall–Kier alpha value is -3.58. The van der Waals surface area contributed by atoms with Gasteiger partial charge in [0.25, 0.3) is 0 Å². The highest BCUT2D eigenvalue weighted by atomic mass is 32.1. The first-order valence-corrected chi connectivity index (χ1v) is 11.9. The monoisotopic (exact) mass is 520 g/mol. The summed E-state index contributed by atoms with van der Waals surface area (Å²) in [6.45, 7) is 3.42. The van der Waals surface area contributed by atoms with Crippen LogP contribution in [0.5, 0.6) is 0 Å². The van der Waals surface area contributed by atoms with E-state index in [4.69, 9.17) is 11.5 Å². The number of fused-ring (bicyclic) bond motifs is 1. The van der Waals surface area contributed by atoms with Gasteiger partial charge in [0.2, 0.25) is 23.6 Å². The number of benzene rings is 1. The predicted molar refractivity (Wildman–Crippen MR) is 136 cm³/mol. The maximum atomic E-state index is 12.8. The van der Waals surface area contributed by atoms with Gasteiger partial charge in [0.05, 0.1) is 12.5 Å². The maximum absolute atomic E-state index is 12.8. The number of H-pyrrole nitrogens is 1. The third-order valence-corrected chi connectivity index (χ3v) is 5.95. The Morgan fingerprint density at radius 3 is 2.14 bits per heavy atom. The van der Waals surface area contributed by atoms with E-state index in [0.717, 1.165) is 10.9 Å². The molecule has 4 atom stereocenters. The van der Waals surface area contributed by atoms with Crippen LogP contribution in [-0.2, 0) is 30.4 Å². The first-order chi connectivity index (χ1) is 16.9. The number of aromatic amines is 1. The average Bonchev–Trinajstić information content (AvgIpc) is 3.23. The quantitative estimate of drug-likeness (QED) is 0.155. The molecule has 0 aliphatic rings. The van der Waals surface area contributed by atoms with E-state index >= 15 is 0 Å². The van der Waals surface area contributed by atoms with E-state index in [1.807, 2.05) is 24.3 Å². The van der Waals surface area contributed by atoms with Crippen LogP contribution in [-0.4, -0.2) is 69.6 Å². The largest absolute Gasteiger partial charge is 0.480 e. The third kappa shape index (κ3) is 7.71. The van der Waals surface area contributed by atoms with Gasteiger partial charge in [-0.2, -0.15) is 12.6 Å².